The van der Waals surface area contributed by atoms with Crippen LogP contribution in [-0.2, 0) is 17.4 Å². The van der Waals surface area contributed by atoms with Crippen molar-refractivity contribution in [1.82, 2.24) is 9.97 Å². The smallest absolute Gasteiger partial charge is 0.325 e. The van der Waals surface area contributed by atoms with Gasteiger partial charge in [0.1, 0.15) is 10.9 Å². The Kier molecular flexibility index (Phi) is 5.65. The fourth-order valence-electron chi connectivity index (χ4n) is 2.52. The molecule has 1 amide bonds. The highest BCUT2D eigenvalue weighted by atomic mass is 32.2. The fraction of sp³-hybridized carbons (Fsp3) is 0.211. The third kappa shape index (κ3) is 4.57. The van der Waals surface area contributed by atoms with E-state index in [2.05, 4.69) is 15.3 Å². The zero-order valence-electron chi connectivity index (χ0n) is 14.4. The molecule has 1 aromatic heterocycles. The Labute approximate surface area is 158 Å². The first-order valence-corrected chi connectivity index (χ1v) is 9.21. The van der Waals surface area contributed by atoms with E-state index in [0.717, 1.165) is 17.0 Å². The van der Waals surface area contributed by atoms with Crippen molar-refractivity contribution < 1.29 is 18.0 Å². The molecule has 0 spiro atoms. The third-order valence-electron chi connectivity index (χ3n) is 3.78. The largest absolute Gasteiger partial charge is 0.418 e. The van der Waals surface area contributed by atoms with Gasteiger partial charge in [-0.05, 0) is 18.2 Å². The second-order valence-corrected chi connectivity index (χ2v) is 6.66. The van der Waals surface area contributed by atoms with Crippen LogP contribution in [0.3, 0.4) is 0 Å². The molecule has 2 aromatic carbocycles. The molecule has 1 N–H and O–H groups in total. The number of anilines is 1. The van der Waals surface area contributed by atoms with E-state index in [1.54, 1.807) is 0 Å². The van der Waals surface area contributed by atoms with Crippen molar-refractivity contribution >= 4 is 34.3 Å². The van der Waals surface area contributed by atoms with Crippen LogP contribution in [0.4, 0.5) is 18.9 Å². The molecule has 4 nitrogen and oxygen atoms in total. The maximum Gasteiger partial charge on any atom is 0.418 e. The maximum atomic E-state index is 13.0. The Morgan fingerprint density at radius 3 is 2.52 bits per heavy atom. The van der Waals surface area contributed by atoms with E-state index < -0.39 is 17.6 Å². The summed E-state index contributed by atoms with van der Waals surface area (Å²) in [6.45, 7) is 1.93. The predicted octanol–water partition coefficient (Wildman–Crippen LogP) is 4.94. The number of alkyl halides is 3. The van der Waals surface area contributed by atoms with Crippen molar-refractivity contribution in [3.8, 4) is 0 Å². The number of para-hydroxylation sites is 2. The van der Waals surface area contributed by atoms with E-state index >= 15 is 0 Å². The quantitative estimate of drug-likeness (QED) is 0.494. The lowest BCUT2D eigenvalue weighted by atomic mass is 10.1. The van der Waals surface area contributed by atoms with Gasteiger partial charge >= 0.3 is 6.18 Å². The summed E-state index contributed by atoms with van der Waals surface area (Å²) >= 11 is 1.18. The lowest BCUT2D eigenvalue weighted by molar-refractivity contribution is -0.137. The zero-order valence-corrected chi connectivity index (χ0v) is 15.2. The molecule has 0 fully saturated rings. The van der Waals surface area contributed by atoms with Crippen LogP contribution in [0.5, 0.6) is 0 Å². The van der Waals surface area contributed by atoms with Crippen LogP contribution in [0.1, 0.15) is 18.3 Å². The average Bonchev–Trinajstić information content (AvgIpc) is 2.65. The Hall–Kier alpha value is -2.61. The molecule has 0 unspecified atom stereocenters. The Bertz CT molecular complexity index is 976. The standard InChI is InChI=1S/C19H16F3N3OS/c1-2-16-23-14-9-5-3-7-12(14)18(25-16)27-11-17(26)24-15-10-6-4-8-13(15)19(20,21)22/h3-10H,2,11H2,1H3,(H,24,26). The zero-order chi connectivity index (χ0) is 19.4. The van der Waals surface area contributed by atoms with E-state index in [0.29, 0.717) is 17.3 Å². The first-order chi connectivity index (χ1) is 12.9. The summed E-state index contributed by atoms with van der Waals surface area (Å²) in [5, 5.41) is 3.79. The molecule has 0 radical (unpaired) electrons. The number of fused-ring (bicyclic) bond motifs is 1. The lowest BCUT2D eigenvalue weighted by Gasteiger charge is -2.13. The number of rotatable bonds is 5. The summed E-state index contributed by atoms with van der Waals surface area (Å²) in [6, 6.07) is 12.3. The molecule has 3 aromatic rings. The molecule has 0 bridgehead atoms. The minimum absolute atomic E-state index is 0.0592. The predicted molar refractivity (Wildman–Crippen MR) is 99.7 cm³/mol. The van der Waals surface area contributed by atoms with Gasteiger partial charge in [-0.3, -0.25) is 4.79 Å². The van der Waals surface area contributed by atoms with Crippen molar-refractivity contribution in [3.63, 3.8) is 0 Å². The first kappa shape index (κ1) is 19.2. The Morgan fingerprint density at radius 1 is 1.07 bits per heavy atom. The van der Waals surface area contributed by atoms with Crippen molar-refractivity contribution in [2.45, 2.75) is 24.5 Å². The monoisotopic (exact) mass is 391 g/mol. The molecule has 0 saturated carbocycles. The molecule has 3 rings (SSSR count). The second kappa shape index (κ2) is 7.96. The van der Waals surface area contributed by atoms with Gasteiger partial charge in [0.25, 0.3) is 0 Å². The topological polar surface area (TPSA) is 54.9 Å². The van der Waals surface area contributed by atoms with Gasteiger partial charge in [0.05, 0.1) is 22.5 Å². The van der Waals surface area contributed by atoms with Crippen molar-refractivity contribution in [2.24, 2.45) is 0 Å². The summed E-state index contributed by atoms with van der Waals surface area (Å²) < 4.78 is 39.1. The number of hydrogen-bond acceptors (Lipinski definition) is 4. The van der Waals surface area contributed by atoms with Gasteiger partial charge in [-0.15, -0.1) is 0 Å². The van der Waals surface area contributed by atoms with E-state index in [9.17, 15) is 18.0 Å². The summed E-state index contributed by atoms with van der Waals surface area (Å²) in [4.78, 5) is 21.1. The fourth-order valence-corrected chi connectivity index (χ4v) is 3.36. The highest BCUT2D eigenvalue weighted by molar-refractivity contribution is 8.00. The number of carbonyl (C=O) groups excluding carboxylic acids is 1. The molecule has 1 heterocycles. The summed E-state index contributed by atoms with van der Waals surface area (Å²) in [5.74, 6) is 0.0626. The number of amides is 1. The van der Waals surface area contributed by atoms with E-state index in [1.165, 1.54) is 30.0 Å². The molecule has 27 heavy (non-hydrogen) atoms. The van der Waals surface area contributed by atoms with Crippen LogP contribution in [-0.4, -0.2) is 21.6 Å². The summed E-state index contributed by atoms with van der Waals surface area (Å²) in [5.41, 5.74) is -0.351. The van der Waals surface area contributed by atoms with Crippen molar-refractivity contribution in [2.75, 3.05) is 11.1 Å². The van der Waals surface area contributed by atoms with Gasteiger partial charge < -0.3 is 5.32 Å². The van der Waals surface area contributed by atoms with Gasteiger partial charge in [-0.25, -0.2) is 9.97 Å². The molecule has 140 valence electrons. The van der Waals surface area contributed by atoms with Crippen LogP contribution < -0.4 is 5.32 Å². The van der Waals surface area contributed by atoms with Crippen molar-refractivity contribution in [1.29, 1.82) is 0 Å². The van der Waals surface area contributed by atoms with Crippen LogP contribution in [0, 0.1) is 0 Å². The van der Waals surface area contributed by atoms with E-state index in [-0.39, 0.29) is 11.4 Å². The molecule has 0 aliphatic rings. The number of halogens is 3. The maximum absolute atomic E-state index is 13.0. The minimum atomic E-state index is -4.53. The summed E-state index contributed by atoms with van der Waals surface area (Å²) in [6.07, 6.45) is -3.89. The van der Waals surface area contributed by atoms with Gasteiger partial charge in [0.15, 0.2) is 0 Å². The number of aryl methyl sites for hydroxylation is 1. The number of hydrogen-bond donors (Lipinski definition) is 1. The Balaban J connectivity index is 1.77. The van der Waals surface area contributed by atoms with Gasteiger partial charge in [-0.1, -0.05) is 49.0 Å². The Morgan fingerprint density at radius 2 is 1.78 bits per heavy atom. The molecular formula is C19H16F3N3OS. The molecular weight excluding hydrogens is 375 g/mol. The molecule has 8 heteroatoms. The number of nitrogens with one attached hydrogen (secondary N) is 1. The summed E-state index contributed by atoms with van der Waals surface area (Å²) in [7, 11) is 0. The van der Waals surface area contributed by atoms with Crippen LogP contribution in [0.15, 0.2) is 53.6 Å². The minimum Gasteiger partial charge on any atom is -0.325 e. The SMILES string of the molecule is CCc1nc(SCC(=O)Nc2ccccc2C(F)(F)F)c2ccccc2n1. The van der Waals surface area contributed by atoms with E-state index in [4.69, 9.17) is 0 Å². The molecule has 0 saturated heterocycles. The van der Waals surface area contributed by atoms with Crippen LogP contribution in [0.2, 0.25) is 0 Å². The first-order valence-electron chi connectivity index (χ1n) is 8.23. The van der Waals surface area contributed by atoms with Crippen LogP contribution >= 0.6 is 11.8 Å². The lowest BCUT2D eigenvalue weighted by Crippen LogP contribution is -2.18. The highest BCUT2D eigenvalue weighted by Gasteiger charge is 2.33. The number of aromatic nitrogens is 2. The van der Waals surface area contributed by atoms with E-state index in [1.807, 2.05) is 31.2 Å². The molecule has 0 aliphatic carbocycles. The van der Waals surface area contributed by atoms with Crippen molar-refractivity contribution in [3.05, 3.63) is 59.9 Å². The normalized spacial score (nSPS) is 11.6. The number of nitrogens with zero attached hydrogens (tertiary/aromatic N) is 2. The second-order valence-electron chi connectivity index (χ2n) is 5.70. The number of carbonyl (C=O) groups is 1. The van der Waals surface area contributed by atoms with Gasteiger partial charge in [0, 0.05) is 11.8 Å². The molecule has 0 aliphatic heterocycles. The van der Waals surface area contributed by atoms with Gasteiger partial charge in [0.2, 0.25) is 5.91 Å². The highest BCUT2D eigenvalue weighted by Crippen LogP contribution is 2.34. The molecule has 0 atom stereocenters. The average molecular weight is 391 g/mol. The number of thioether (sulfide) groups is 1. The third-order valence-corrected chi connectivity index (χ3v) is 4.77. The van der Waals surface area contributed by atoms with Crippen LogP contribution in [0.25, 0.3) is 10.9 Å². The number of benzene rings is 2. The van der Waals surface area contributed by atoms with Gasteiger partial charge in [-0.2, -0.15) is 13.2 Å².